The van der Waals surface area contributed by atoms with Crippen molar-refractivity contribution in [2.75, 3.05) is 0 Å². The third kappa shape index (κ3) is 2.47. The number of halogens is 2. The Bertz CT molecular complexity index is 631. The maximum atomic E-state index is 13.3. The van der Waals surface area contributed by atoms with Crippen molar-refractivity contribution in [2.24, 2.45) is 5.92 Å². The summed E-state index contributed by atoms with van der Waals surface area (Å²) >= 11 is 3.28. The van der Waals surface area contributed by atoms with Gasteiger partial charge >= 0.3 is 0 Å². The Hall–Kier alpha value is -1.48. The minimum atomic E-state index is -0.271. The molecule has 2 aromatic rings. The first-order chi connectivity index (χ1) is 9.13. The first-order valence-corrected chi connectivity index (χ1v) is 7.00. The molecule has 0 N–H and O–H groups in total. The van der Waals surface area contributed by atoms with Crippen LogP contribution in [0.4, 0.5) is 4.39 Å². The van der Waals surface area contributed by atoms with Gasteiger partial charge in [0.15, 0.2) is 5.78 Å². The summed E-state index contributed by atoms with van der Waals surface area (Å²) < 4.78 is 14.1. The van der Waals surface area contributed by atoms with E-state index in [1.807, 2.05) is 30.3 Å². The van der Waals surface area contributed by atoms with Crippen LogP contribution in [0.5, 0.6) is 0 Å². The van der Waals surface area contributed by atoms with Gasteiger partial charge in [0.05, 0.1) is 0 Å². The fourth-order valence-corrected chi connectivity index (χ4v) is 3.21. The SMILES string of the molecule is O=C1c2ccccc2CC1Cc1cc(F)cc(Br)c1. The highest BCUT2D eigenvalue weighted by Gasteiger charge is 2.30. The standard InChI is InChI=1S/C16H12BrFO/c17-13-6-10(7-14(18)9-13)5-12-8-11-3-1-2-4-15(11)16(12)19/h1-4,6-7,9,12H,5,8H2. The van der Waals surface area contributed by atoms with Gasteiger partial charge in [0.2, 0.25) is 0 Å². The molecule has 96 valence electrons. The van der Waals surface area contributed by atoms with Crippen molar-refractivity contribution in [3.63, 3.8) is 0 Å². The second-order valence-corrected chi connectivity index (χ2v) is 5.82. The van der Waals surface area contributed by atoms with Crippen LogP contribution in [0.15, 0.2) is 46.9 Å². The molecule has 0 fully saturated rings. The van der Waals surface area contributed by atoms with Gasteiger partial charge < -0.3 is 0 Å². The number of carbonyl (C=O) groups excluding carboxylic acids is 1. The van der Waals surface area contributed by atoms with E-state index in [1.54, 1.807) is 0 Å². The van der Waals surface area contributed by atoms with Crippen molar-refractivity contribution >= 4 is 21.7 Å². The summed E-state index contributed by atoms with van der Waals surface area (Å²) in [4.78, 5) is 12.3. The Morgan fingerprint density at radius 1 is 1.21 bits per heavy atom. The summed E-state index contributed by atoms with van der Waals surface area (Å²) in [6, 6.07) is 12.5. The van der Waals surface area contributed by atoms with Crippen LogP contribution in [0.1, 0.15) is 21.5 Å². The topological polar surface area (TPSA) is 17.1 Å². The highest BCUT2D eigenvalue weighted by atomic mass is 79.9. The monoisotopic (exact) mass is 318 g/mol. The molecule has 0 saturated heterocycles. The average molecular weight is 319 g/mol. The summed E-state index contributed by atoms with van der Waals surface area (Å²) in [7, 11) is 0. The summed E-state index contributed by atoms with van der Waals surface area (Å²) in [5, 5.41) is 0. The molecule has 0 aliphatic heterocycles. The van der Waals surface area contributed by atoms with E-state index in [0.717, 1.165) is 23.1 Å². The Morgan fingerprint density at radius 2 is 2.00 bits per heavy atom. The molecular formula is C16H12BrFO. The highest BCUT2D eigenvalue weighted by Crippen LogP contribution is 2.29. The van der Waals surface area contributed by atoms with Crippen LogP contribution in [0.2, 0.25) is 0 Å². The van der Waals surface area contributed by atoms with E-state index in [9.17, 15) is 9.18 Å². The zero-order valence-electron chi connectivity index (χ0n) is 10.2. The van der Waals surface area contributed by atoms with Gasteiger partial charge in [-0.3, -0.25) is 4.79 Å². The van der Waals surface area contributed by atoms with Crippen LogP contribution >= 0.6 is 15.9 Å². The molecule has 0 saturated carbocycles. The molecule has 0 amide bonds. The molecule has 0 heterocycles. The summed E-state index contributed by atoms with van der Waals surface area (Å²) in [5.74, 6) is -0.158. The van der Waals surface area contributed by atoms with Gasteiger partial charge in [-0.1, -0.05) is 40.2 Å². The summed E-state index contributed by atoms with van der Waals surface area (Å²) in [6.45, 7) is 0. The fraction of sp³-hybridized carbons (Fsp3) is 0.188. The zero-order chi connectivity index (χ0) is 13.4. The summed E-state index contributed by atoms with van der Waals surface area (Å²) in [5.41, 5.74) is 2.79. The van der Waals surface area contributed by atoms with Crippen molar-refractivity contribution in [1.82, 2.24) is 0 Å². The van der Waals surface area contributed by atoms with E-state index >= 15 is 0 Å². The molecule has 3 heteroatoms. The molecule has 2 aromatic carbocycles. The Labute approximate surface area is 119 Å². The van der Waals surface area contributed by atoms with Gasteiger partial charge in [0, 0.05) is 16.0 Å². The van der Waals surface area contributed by atoms with Crippen molar-refractivity contribution < 1.29 is 9.18 Å². The molecule has 1 aliphatic carbocycles. The molecule has 0 radical (unpaired) electrons. The van der Waals surface area contributed by atoms with Crippen molar-refractivity contribution in [3.05, 3.63) is 69.4 Å². The molecule has 1 nitrogen and oxygen atoms in total. The zero-order valence-corrected chi connectivity index (χ0v) is 11.8. The second-order valence-electron chi connectivity index (χ2n) is 4.90. The first-order valence-electron chi connectivity index (χ1n) is 6.20. The predicted octanol–water partition coefficient (Wildman–Crippen LogP) is 4.19. The minimum absolute atomic E-state index is 0.0638. The molecule has 0 spiro atoms. The van der Waals surface area contributed by atoms with E-state index in [4.69, 9.17) is 0 Å². The fourth-order valence-electron chi connectivity index (χ4n) is 2.69. The Kier molecular flexibility index (Phi) is 3.23. The van der Waals surface area contributed by atoms with Crippen LogP contribution in [-0.2, 0) is 12.8 Å². The quantitative estimate of drug-likeness (QED) is 0.811. The maximum absolute atomic E-state index is 13.3. The number of benzene rings is 2. The first kappa shape index (κ1) is 12.5. The molecule has 3 rings (SSSR count). The molecule has 1 aliphatic rings. The van der Waals surface area contributed by atoms with Crippen molar-refractivity contribution in [1.29, 1.82) is 0 Å². The lowest BCUT2D eigenvalue weighted by molar-refractivity contribution is 0.0936. The lowest BCUT2D eigenvalue weighted by atomic mass is 9.96. The lowest BCUT2D eigenvalue weighted by Crippen LogP contribution is -2.12. The number of ketones is 1. The van der Waals surface area contributed by atoms with Gasteiger partial charge in [0.1, 0.15) is 5.82 Å². The Morgan fingerprint density at radius 3 is 2.74 bits per heavy atom. The van der Waals surface area contributed by atoms with Gasteiger partial charge in [0.25, 0.3) is 0 Å². The lowest BCUT2D eigenvalue weighted by Gasteiger charge is -2.08. The van der Waals surface area contributed by atoms with Crippen LogP contribution in [0.25, 0.3) is 0 Å². The van der Waals surface area contributed by atoms with E-state index in [1.165, 1.54) is 12.1 Å². The minimum Gasteiger partial charge on any atom is -0.294 e. The van der Waals surface area contributed by atoms with E-state index < -0.39 is 0 Å². The van der Waals surface area contributed by atoms with E-state index in [0.29, 0.717) is 10.9 Å². The highest BCUT2D eigenvalue weighted by molar-refractivity contribution is 9.10. The third-order valence-electron chi connectivity index (χ3n) is 3.52. The van der Waals surface area contributed by atoms with Gasteiger partial charge in [-0.15, -0.1) is 0 Å². The maximum Gasteiger partial charge on any atom is 0.166 e. The number of rotatable bonds is 2. The van der Waals surface area contributed by atoms with Crippen molar-refractivity contribution in [2.45, 2.75) is 12.8 Å². The molecule has 19 heavy (non-hydrogen) atoms. The van der Waals surface area contributed by atoms with Crippen LogP contribution in [-0.4, -0.2) is 5.78 Å². The Balaban J connectivity index is 1.85. The normalized spacial score (nSPS) is 17.6. The van der Waals surface area contributed by atoms with E-state index in [-0.39, 0.29) is 17.5 Å². The van der Waals surface area contributed by atoms with Gasteiger partial charge in [-0.05, 0) is 42.2 Å². The van der Waals surface area contributed by atoms with Crippen LogP contribution < -0.4 is 0 Å². The van der Waals surface area contributed by atoms with Crippen LogP contribution in [0, 0.1) is 11.7 Å². The number of hydrogen-bond acceptors (Lipinski definition) is 1. The molecular weight excluding hydrogens is 307 g/mol. The largest absolute Gasteiger partial charge is 0.294 e. The van der Waals surface area contributed by atoms with Crippen LogP contribution in [0.3, 0.4) is 0 Å². The van der Waals surface area contributed by atoms with E-state index in [2.05, 4.69) is 15.9 Å². The smallest absolute Gasteiger partial charge is 0.166 e. The third-order valence-corrected chi connectivity index (χ3v) is 3.98. The summed E-state index contributed by atoms with van der Waals surface area (Å²) in [6.07, 6.45) is 1.34. The van der Waals surface area contributed by atoms with Crippen molar-refractivity contribution in [3.8, 4) is 0 Å². The molecule has 0 aromatic heterocycles. The predicted molar refractivity (Wildman–Crippen MR) is 75.8 cm³/mol. The number of hydrogen-bond donors (Lipinski definition) is 0. The molecule has 1 atom stereocenters. The van der Waals surface area contributed by atoms with Gasteiger partial charge in [-0.2, -0.15) is 0 Å². The number of Topliss-reactive ketones (excluding diaryl/α,β-unsaturated/α-hetero) is 1. The molecule has 1 unspecified atom stereocenters. The second kappa shape index (κ2) is 4.89. The molecule has 0 bridgehead atoms. The van der Waals surface area contributed by atoms with Gasteiger partial charge in [-0.25, -0.2) is 4.39 Å². The average Bonchev–Trinajstić information content (AvgIpc) is 2.66. The number of fused-ring (bicyclic) bond motifs is 1. The number of carbonyl (C=O) groups is 1.